The van der Waals surface area contributed by atoms with Crippen LogP contribution in [-0.2, 0) is 10.0 Å². The van der Waals surface area contributed by atoms with Crippen LogP contribution in [0.1, 0.15) is 25.0 Å². The lowest BCUT2D eigenvalue weighted by atomic mass is 10.1. The van der Waals surface area contributed by atoms with E-state index >= 15 is 0 Å². The number of sulfonamides is 1. The Bertz CT molecular complexity index is 595. The first-order chi connectivity index (χ1) is 9.54. The summed E-state index contributed by atoms with van der Waals surface area (Å²) in [4.78, 5) is 2.13. The van der Waals surface area contributed by atoms with Gasteiger partial charge in [0.05, 0.1) is 5.69 Å². The van der Waals surface area contributed by atoms with Crippen LogP contribution in [0.3, 0.4) is 0 Å². The summed E-state index contributed by atoms with van der Waals surface area (Å²) in [5, 5.41) is 0. The lowest BCUT2D eigenvalue weighted by Gasteiger charge is -2.25. The van der Waals surface area contributed by atoms with Gasteiger partial charge in [0.25, 0.3) is 0 Å². The second-order valence-corrected chi connectivity index (χ2v) is 7.89. The molecule has 1 aromatic carbocycles. The third-order valence-electron chi connectivity index (χ3n) is 3.59. The molecule has 0 aliphatic rings. The number of nitrogens with zero attached hydrogens (tertiary/aromatic N) is 1. The van der Waals surface area contributed by atoms with Crippen LogP contribution >= 0.6 is 0 Å². The topological polar surface area (TPSA) is 75.4 Å². The smallest absolute Gasteiger partial charge is 0.242 e. The molecule has 3 N–H and O–H groups in total. The number of benzene rings is 1. The highest BCUT2D eigenvalue weighted by Crippen LogP contribution is 2.23. The summed E-state index contributed by atoms with van der Waals surface area (Å²) < 4.78 is 28.0. The minimum atomic E-state index is -3.62. The van der Waals surface area contributed by atoms with Crippen LogP contribution in [0.25, 0.3) is 0 Å². The highest BCUT2D eigenvalue weighted by Gasteiger charge is 2.25. The fourth-order valence-corrected chi connectivity index (χ4v) is 3.66. The monoisotopic (exact) mass is 313 g/mol. The lowest BCUT2D eigenvalue weighted by Crippen LogP contribution is -2.45. The van der Waals surface area contributed by atoms with Crippen molar-refractivity contribution in [3.05, 3.63) is 23.3 Å². The molecule has 1 aromatic rings. The number of rotatable bonds is 6. The van der Waals surface area contributed by atoms with Crippen LogP contribution in [0.4, 0.5) is 5.69 Å². The van der Waals surface area contributed by atoms with E-state index < -0.39 is 10.0 Å². The normalized spacial score (nSPS) is 13.9. The molecule has 0 aromatic heterocycles. The van der Waals surface area contributed by atoms with Gasteiger partial charge < -0.3 is 10.6 Å². The van der Waals surface area contributed by atoms with Crippen molar-refractivity contribution >= 4 is 15.7 Å². The molecule has 0 saturated heterocycles. The molecule has 5 nitrogen and oxygen atoms in total. The first kappa shape index (κ1) is 17.9. The van der Waals surface area contributed by atoms with Gasteiger partial charge in [-0.1, -0.05) is 13.8 Å². The maximum absolute atomic E-state index is 12.6. The van der Waals surface area contributed by atoms with Crippen LogP contribution in [0.2, 0.25) is 0 Å². The van der Waals surface area contributed by atoms with E-state index in [-0.39, 0.29) is 22.5 Å². The van der Waals surface area contributed by atoms with Gasteiger partial charge in [0.2, 0.25) is 10.0 Å². The fraction of sp³-hybridized carbons (Fsp3) is 0.600. The second-order valence-electron chi connectivity index (χ2n) is 6.21. The molecular weight excluding hydrogens is 286 g/mol. The van der Waals surface area contributed by atoms with Gasteiger partial charge in [-0.25, -0.2) is 13.1 Å². The molecule has 0 aliphatic carbocycles. The Morgan fingerprint density at radius 2 is 1.71 bits per heavy atom. The van der Waals surface area contributed by atoms with Crippen molar-refractivity contribution in [2.75, 3.05) is 26.4 Å². The number of hydrogen-bond acceptors (Lipinski definition) is 4. The van der Waals surface area contributed by atoms with Crippen molar-refractivity contribution in [3.63, 3.8) is 0 Å². The van der Waals surface area contributed by atoms with Gasteiger partial charge >= 0.3 is 0 Å². The Balaban J connectivity index is 3.13. The van der Waals surface area contributed by atoms with E-state index in [2.05, 4.69) is 4.72 Å². The van der Waals surface area contributed by atoms with Crippen LogP contribution < -0.4 is 10.5 Å². The molecule has 1 rings (SSSR count). The van der Waals surface area contributed by atoms with Gasteiger partial charge in [-0.2, -0.15) is 0 Å². The van der Waals surface area contributed by atoms with Crippen LogP contribution in [0, 0.1) is 19.8 Å². The maximum Gasteiger partial charge on any atom is 0.242 e. The molecule has 1 unspecified atom stereocenters. The first-order valence-electron chi connectivity index (χ1n) is 7.08. The van der Waals surface area contributed by atoms with Crippen LogP contribution in [0.5, 0.6) is 0 Å². The molecular formula is C15H27N3O2S. The second kappa shape index (κ2) is 6.77. The number of hydrogen-bond donors (Lipinski definition) is 2. The molecule has 120 valence electrons. The molecule has 6 heteroatoms. The number of anilines is 1. The summed E-state index contributed by atoms with van der Waals surface area (Å²) in [6.07, 6.45) is 0. The highest BCUT2D eigenvalue weighted by atomic mass is 32.2. The van der Waals surface area contributed by atoms with Crippen molar-refractivity contribution in [2.24, 2.45) is 5.92 Å². The molecule has 0 spiro atoms. The van der Waals surface area contributed by atoms with E-state index in [0.717, 1.165) is 11.1 Å². The molecule has 0 aliphatic heterocycles. The third kappa shape index (κ3) is 4.69. The molecule has 0 saturated carbocycles. The maximum atomic E-state index is 12.6. The largest absolute Gasteiger partial charge is 0.398 e. The Labute approximate surface area is 128 Å². The Kier molecular flexibility index (Phi) is 5.78. The van der Waals surface area contributed by atoms with Crippen molar-refractivity contribution in [1.82, 2.24) is 9.62 Å². The molecule has 0 amide bonds. The molecule has 1 atom stereocenters. The van der Waals surface area contributed by atoms with E-state index in [0.29, 0.717) is 6.54 Å². The predicted octanol–water partition coefficient (Wildman–Crippen LogP) is 1.75. The lowest BCUT2D eigenvalue weighted by molar-refractivity contribution is 0.314. The minimum absolute atomic E-state index is 0.161. The minimum Gasteiger partial charge on any atom is -0.398 e. The summed E-state index contributed by atoms with van der Waals surface area (Å²) in [6.45, 7) is 8.44. The van der Waals surface area contributed by atoms with E-state index in [4.69, 9.17) is 5.73 Å². The van der Waals surface area contributed by atoms with E-state index in [9.17, 15) is 8.42 Å². The number of nitrogen functional groups attached to an aromatic ring is 1. The Morgan fingerprint density at radius 3 is 2.19 bits per heavy atom. The molecule has 0 fully saturated rings. The van der Waals surface area contributed by atoms with Crippen molar-refractivity contribution in [3.8, 4) is 0 Å². The standard InChI is InChI=1S/C15H27N3O2S/c1-10(2)14(9-18(5)6)17-21(19,20)15-8-12(4)11(3)7-13(15)16/h7-8,10,14,17H,9,16H2,1-6H3. The third-order valence-corrected chi connectivity index (χ3v) is 5.13. The van der Waals surface area contributed by atoms with Gasteiger partial charge in [0.15, 0.2) is 0 Å². The summed E-state index contributed by atoms with van der Waals surface area (Å²) >= 11 is 0. The van der Waals surface area contributed by atoms with Gasteiger partial charge in [-0.15, -0.1) is 0 Å². The average Bonchev–Trinajstić information content (AvgIpc) is 2.31. The summed E-state index contributed by atoms with van der Waals surface area (Å²) in [5.74, 6) is 0.190. The summed E-state index contributed by atoms with van der Waals surface area (Å²) in [7, 11) is 0.228. The van der Waals surface area contributed by atoms with Gasteiger partial charge in [-0.3, -0.25) is 0 Å². The molecule has 0 radical (unpaired) electrons. The SMILES string of the molecule is Cc1cc(N)c(S(=O)(=O)NC(CN(C)C)C(C)C)cc1C. The zero-order valence-electron chi connectivity index (χ0n) is 13.8. The molecule has 0 bridgehead atoms. The molecule has 21 heavy (non-hydrogen) atoms. The quantitative estimate of drug-likeness (QED) is 0.785. The van der Waals surface area contributed by atoms with Gasteiger partial charge in [0, 0.05) is 12.6 Å². The number of nitrogens with two attached hydrogens (primary N) is 1. The fourth-order valence-electron chi connectivity index (χ4n) is 2.09. The van der Waals surface area contributed by atoms with Gasteiger partial charge in [-0.05, 0) is 57.1 Å². The van der Waals surface area contributed by atoms with Crippen LogP contribution in [0.15, 0.2) is 17.0 Å². The van der Waals surface area contributed by atoms with E-state index in [1.54, 1.807) is 12.1 Å². The summed E-state index contributed by atoms with van der Waals surface area (Å²) in [6, 6.07) is 3.19. The zero-order chi connectivity index (χ0) is 16.4. The number of likely N-dealkylation sites (N-methyl/N-ethyl adjacent to an activating group) is 1. The van der Waals surface area contributed by atoms with E-state index in [1.165, 1.54) is 0 Å². The highest BCUT2D eigenvalue weighted by molar-refractivity contribution is 7.89. The van der Waals surface area contributed by atoms with E-state index in [1.807, 2.05) is 46.7 Å². The Hall–Kier alpha value is -1.11. The first-order valence-corrected chi connectivity index (χ1v) is 8.56. The number of nitrogens with one attached hydrogen (secondary N) is 1. The molecule has 0 heterocycles. The summed E-state index contributed by atoms with van der Waals surface area (Å²) in [5.41, 5.74) is 8.09. The average molecular weight is 313 g/mol. The van der Waals surface area contributed by atoms with Crippen molar-refractivity contribution < 1.29 is 8.42 Å². The zero-order valence-corrected chi connectivity index (χ0v) is 14.6. The van der Waals surface area contributed by atoms with Gasteiger partial charge in [0.1, 0.15) is 4.90 Å². The Morgan fingerprint density at radius 1 is 1.19 bits per heavy atom. The van der Waals surface area contributed by atoms with Crippen molar-refractivity contribution in [2.45, 2.75) is 38.6 Å². The van der Waals surface area contributed by atoms with Crippen molar-refractivity contribution in [1.29, 1.82) is 0 Å². The number of aryl methyl sites for hydroxylation is 2. The van der Waals surface area contributed by atoms with Crippen LogP contribution in [-0.4, -0.2) is 40.0 Å². The predicted molar refractivity (Wildman–Crippen MR) is 87.8 cm³/mol.